The molecule has 0 bridgehead atoms. The molecule has 6 heteroatoms. The monoisotopic (exact) mass is 475 g/mol. The maximum absolute atomic E-state index is 11.2. The van der Waals surface area contributed by atoms with Crippen molar-refractivity contribution in [1.29, 1.82) is 0 Å². The van der Waals surface area contributed by atoms with Crippen LogP contribution >= 0.6 is 0 Å². The first-order chi connectivity index (χ1) is 16.3. The summed E-state index contributed by atoms with van der Waals surface area (Å²) in [7, 11) is -1.63. The summed E-state index contributed by atoms with van der Waals surface area (Å²) >= 11 is 0. The summed E-state index contributed by atoms with van der Waals surface area (Å²) in [5.41, 5.74) is 5.63. The molecule has 1 saturated heterocycles. The molecule has 34 heavy (non-hydrogen) atoms. The lowest BCUT2D eigenvalue weighted by molar-refractivity contribution is 0.0697. The van der Waals surface area contributed by atoms with E-state index < -0.39 is 14.0 Å². The van der Waals surface area contributed by atoms with Crippen LogP contribution in [0.4, 0.5) is 5.69 Å². The van der Waals surface area contributed by atoms with Crippen LogP contribution in [0.3, 0.4) is 0 Å². The van der Waals surface area contributed by atoms with Crippen LogP contribution in [0.1, 0.15) is 23.2 Å². The van der Waals surface area contributed by atoms with Gasteiger partial charge in [-0.05, 0) is 65.1 Å². The maximum Gasteiger partial charge on any atom is 0.335 e. The van der Waals surface area contributed by atoms with Gasteiger partial charge in [0.1, 0.15) is 12.4 Å². The second-order valence-corrected chi connectivity index (χ2v) is 14.9. The minimum Gasteiger partial charge on any atom is -0.491 e. The van der Waals surface area contributed by atoms with Crippen LogP contribution in [0.15, 0.2) is 60.7 Å². The molecule has 0 atom stereocenters. The standard InChI is InChI=1S/C28H33NO4Si/c1-34(2,3)27-19-23(10-12-25(27)29-14-4-5-15-29)24-18-22(11-13-26(24)33-17-16-30)20-6-8-21(9-7-20)28(31)32/h6-13,18-19,30H,4-5,14-17H2,1-3H3,(H,31,32). The number of rotatable bonds is 8. The Bertz CT molecular complexity index is 1160. The number of nitrogens with zero attached hydrogens (tertiary/aromatic N) is 1. The van der Waals surface area contributed by atoms with Gasteiger partial charge in [-0.25, -0.2) is 4.79 Å². The molecule has 0 spiro atoms. The predicted molar refractivity (Wildman–Crippen MR) is 141 cm³/mol. The van der Waals surface area contributed by atoms with E-state index in [0.717, 1.165) is 41.1 Å². The van der Waals surface area contributed by atoms with Gasteiger partial charge >= 0.3 is 5.97 Å². The van der Waals surface area contributed by atoms with Gasteiger partial charge in [0, 0.05) is 24.3 Å². The Hall–Kier alpha value is -3.09. The van der Waals surface area contributed by atoms with E-state index in [1.807, 2.05) is 24.3 Å². The number of hydrogen-bond acceptors (Lipinski definition) is 4. The van der Waals surface area contributed by atoms with Crippen LogP contribution in [0, 0.1) is 0 Å². The fraction of sp³-hybridized carbons (Fsp3) is 0.321. The van der Waals surface area contributed by atoms with Crippen molar-refractivity contribution in [2.75, 3.05) is 31.2 Å². The van der Waals surface area contributed by atoms with Gasteiger partial charge < -0.3 is 19.8 Å². The van der Waals surface area contributed by atoms with Crippen LogP contribution in [-0.4, -0.2) is 50.6 Å². The minimum absolute atomic E-state index is 0.0497. The van der Waals surface area contributed by atoms with E-state index in [2.05, 4.69) is 48.8 Å². The fourth-order valence-electron chi connectivity index (χ4n) is 4.56. The molecule has 0 saturated carbocycles. The first-order valence-electron chi connectivity index (χ1n) is 11.9. The largest absolute Gasteiger partial charge is 0.491 e. The van der Waals surface area contributed by atoms with Crippen molar-refractivity contribution in [1.82, 2.24) is 0 Å². The van der Waals surface area contributed by atoms with Gasteiger partial charge in [-0.3, -0.25) is 0 Å². The SMILES string of the molecule is C[Si](C)(C)c1cc(-c2cc(-c3ccc(C(=O)O)cc3)ccc2OCCO)ccc1N1CCCC1. The smallest absolute Gasteiger partial charge is 0.335 e. The Morgan fingerprint density at radius 1 is 0.912 bits per heavy atom. The van der Waals surface area contributed by atoms with Gasteiger partial charge in [-0.15, -0.1) is 0 Å². The number of benzene rings is 3. The molecule has 1 aliphatic rings. The summed E-state index contributed by atoms with van der Waals surface area (Å²) in [6.07, 6.45) is 2.49. The van der Waals surface area contributed by atoms with Crippen LogP contribution in [-0.2, 0) is 0 Å². The Labute approximate surface area is 202 Å². The third-order valence-electron chi connectivity index (χ3n) is 6.36. The average Bonchev–Trinajstić information content (AvgIpc) is 3.37. The summed E-state index contributed by atoms with van der Waals surface area (Å²) in [4.78, 5) is 13.7. The number of carbonyl (C=O) groups is 1. The summed E-state index contributed by atoms with van der Waals surface area (Å²) < 4.78 is 5.91. The minimum atomic E-state index is -1.63. The zero-order valence-electron chi connectivity index (χ0n) is 20.2. The molecule has 1 fully saturated rings. The van der Waals surface area contributed by atoms with Crippen LogP contribution < -0.4 is 14.8 Å². The number of carboxylic acid groups (broad SMARTS) is 1. The first kappa shape index (κ1) is 24.0. The maximum atomic E-state index is 11.2. The summed E-state index contributed by atoms with van der Waals surface area (Å²) in [6.45, 7) is 9.56. The van der Waals surface area contributed by atoms with E-state index in [-0.39, 0.29) is 18.8 Å². The number of hydrogen-bond donors (Lipinski definition) is 2. The van der Waals surface area contributed by atoms with E-state index in [1.54, 1.807) is 12.1 Å². The average molecular weight is 476 g/mol. The van der Waals surface area contributed by atoms with Crippen LogP contribution in [0.25, 0.3) is 22.3 Å². The van der Waals surface area contributed by atoms with Crippen molar-refractivity contribution in [2.24, 2.45) is 0 Å². The molecular weight excluding hydrogens is 442 g/mol. The molecule has 0 aromatic heterocycles. The van der Waals surface area contributed by atoms with E-state index in [9.17, 15) is 15.0 Å². The highest BCUT2D eigenvalue weighted by molar-refractivity contribution is 6.89. The second kappa shape index (κ2) is 10.0. The molecule has 0 aliphatic carbocycles. The lowest BCUT2D eigenvalue weighted by Gasteiger charge is -2.28. The lowest BCUT2D eigenvalue weighted by Crippen LogP contribution is -2.41. The summed E-state index contributed by atoms with van der Waals surface area (Å²) in [6, 6.07) is 19.7. The van der Waals surface area contributed by atoms with Crippen molar-refractivity contribution in [3.8, 4) is 28.0 Å². The van der Waals surface area contributed by atoms with E-state index in [0.29, 0.717) is 0 Å². The molecular formula is C28H33NO4Si. The fourth-order valence-corrected chi connectivity index (χ4v) is 6.16. The third kappa shape index (κ3) is 5.18. The highest BCUT2D eigenvalue weighted by Crippen LogP contribution is 2.36. The Morgan fingerprint density at radius 3 is 2.18 bits per heavy atom. The van der Waals surface area contributed by atoms with Gasteiger partial charge in [-0.2, -0.15) is 0 Å². The van der Waals surface area contributed by atoms with Crippen LogP contribution in [0.2, 0.25) is 19.6 Å². The normalized spacial score (nSPS) is 13.8. The number of ether oxygens (including phenoxy) is 1. The van der Waals surface area contributed by atoms with E-state index in [4.69, 9.17) is 4.74 Å². The molecule has 3 aromatic carbocycles. The molecule has 3 aromatic rings. The molecule has 0 unspecified atom stereocenters. The van der Waals surface area contributed by atoms with E-state index in [1.165, 1.54) is 23.7 Å². The summed E-state index contributed by atoms with van der Waals surface area (Å²) in [5.74, 6) is -0.202. The summed E-state index contributed by atoms with van der Waals surface area (Å²) in [5, 5.41) is 20.0. The van der Waals surface area contributed by atoms with Crippen molar-refractivity contribution in [2.45, 2.75) is 32.5 Å². The number of aromatic carboxylic acids is 1. The molecule has 0 amide bonds. The molecule has 0 radical (unpaired) electrons. The quantitative estimate of drug-likeness (QED) is 0.436. The van der Waals surface area contributed by atoms with E-state index >= 15 is 0 Å². The zero-order chi connectivity index (χ0) is 24.3. The highest BCUT2D eigenvalue weighted by atomic mass is 28.3. The Kier molecular flexibility index (Phi) is 7.10. The molecule has 1 aliphatic heterocycles. The van der Waals surface area contributed by atoms with Crippen molar-refractivity contribution >= 4 is 24.9 Å². The van der Waals surface area contributed by atoms with Gasteiger partial charge in [0.15, 0.2) is 0 Å². The molecule has 178 valence electrons. The number of carboxylic acids is 1. The lowest BCUT2D eigenvalue weighted by atomic mass is 9.97. The molecule has 1 heterocycles. The molecule has 4 rings (SSSR count). The molecule has 2 N–H and O–H groups in total. The Morgan fingerprint density at radius 2 is 1.56 bits per heavy atom. The Balaban J connectivity index is 1.80. The topological polar surface area (TPSA) is 70.0 Å². The predicted octanol–water partition coefficient (Wildman–Crippen LogP) is 5.24. The number of aliphatic hydroxyl groups excluding tert-OH is 1. The number of aliphatic hydroxyl groups is 1. The first-order valence-corrected chi connectivity index (χ1v) is 15.4. The van der Waals surface area contributed by atoms with Gasteiger partial charge in [0.05, 0.1) is 20.2 Å². The zero-order valence-corrected chi connectivity index (χ0v) is 21.2. The van der Waals surface area contributed by atoms with Gasteiger partial charge in [-0.1, -0.05) is 50.0 Å². The van der Waals surface area contributed by atoms with Gasteiger partial charge in [0.25, 0.3) is 0 Å². The van der Waals surface area contributed by atoms with Crippen molar-refractivity contribution < 1.29 is 19.7 Å². The third-order valence-corrected chi connectivity index (χ3v) is 8.37. The van der Waals surface area contributed by atoms with Gasteiger partial charge in [0.2, 0.25) is 0 Å². The van der Waals surface area contributed by atoms with Crippen molar-refractivity contribution in [3.05, 3.63) is 66.2 Å². The highest BCUT2D eigenvalue weighted by Gasteiger charge is 2.25. The van der Waals surface area contributed by atoms with Crippen LogP contribution in [0.5, 0.6) is 5.75 Å². The molecule has 5 nitrogen and oxygen atoms in total. The van der Waals surface area contributed by atoms with Crippen molar-refractivity contribution in [3.63, 3.8) is 0 Å². The number of anilines is 1. The second-order valence-electron chi connectivity index (χ2n) is 9.84.